The molecule has 2 aromatic carbocycles. The number of nitrogens with zero attached hydrogens (tertiary/aromatic N) is 1. The molecule has 0 N–H and O–H groups in total. The summed E-state index contributed by atoms with van der Waals surface area (Å²) in [5.74, 6) is 0.439. The predicted octanol–water partition coefficient (Wildman–Crippen LogP) is 4.79. The summed E-state index contributed by atoms with van der Waals surface area (Å²) in [5, 5.41) is 0. The molecule has 1 nitrogen and oxygen atoms in total. The second kappa shape index (κ2) is 5.57. The molecule has 0 saturated heterocycles. The molecule has 20 heavy (non-hydrogen) atoms. The minimum atomic E-state index is -0.187. The van der Waals surface area contributed by atoms with Gasteiger partial charge in [0.15, 0.2) is 0 Å². The maximum atomic E-state index is 13.5. The Bertz CT molecular complexity index is 606. The number of hydrogen-bond acceptors (Lipinski definition) is 1. The summed E-state index contributed by atoms with van der Waals surface area (Å²) < 4.78 is 14.3. The van der Waals surface area contributed by atoms with Crippen LogP contribution in [0.2, 0.25) is 0 Å². The van der Waals surface area contributed by atoms with Crippen molar-refractivity contribution < 1.29 is 4.39 Å². The van der Waals surface area contributed by atoms with Crippen LogP contribution in [0.25, 0.3) is 0 Å². The first-order chi connectivity index (χ1) is 9.61. The lowest BCUT2D eigenvalue weighted by molar-refractivity contribution is 0.529. The summed E-state index contributed by atoms with van der Waals surface area (Å²) in [6.45, 7) is 4.04. The molecule has 0 bridgehead atoms. The minimum absolute atomic E-state index is 0.187. The lowest BCUT2D eigenvalue weighted by Crippen LogP contribution is -2.33. The van der Waals surface area contributed by atoms with Crippen LogP contribution in [0.4, 0.5) is 10.1 Å². The maximum absolute atomic E-state index is 13.5. The number of para-hydroxylation sites is 1. The summed E-state index contributed by atoms with van der Waals surface area (Å²) >= 11 is 3.36. The zero-order chi connectivity index (χ0) is 14.1. The molecule has 1 aliphatic heterocycles. The largest absolute Gasteiger partial charge is 0.367 e. The third-order valence-electron chi connectivity index (χ3n) is 3.73. The second-order valence-corrected chi connectivity index (χ2v) is 6.51. The Kier molecular flexibility index (Phi) is 3.79. The average Bonchev–Trinajstić information content (AvgIpc) is 2.37. The van der Waals surface area contributed by atoms with Crippen LogP contribution in [-0.4, -0.2) is 6.54 Å². The van der Waals surface area contributed by atoms with Gasteiger partial charge < -0.3 is 4.90 Å². The van der Waals surface area contributed by atoms with Gasteiger partial charge in [-0.3, -0.25) is 0 Å². The highest BCUT2D eigenvalue weighted by Crippen LogP contribution is 2.31. The van der Waals surface area contributed by atoms with Crippen molar-refractivity contribution in [2.75, 3.05) is 11.4 Å². The van der Waals surface area contributed by atoms with Crippen LogP contribution in [0.3, 0.4) is 0 Å². The number of fused-ring (bicyclic) bond motifs is 1. The Morgan fingerprint density at radius 1 is 1.25 bits per heavy atom. The lowest BCUT2D eigenvalue weighted by atomic mass is 9.93. The van der Waals surface area contributed by atoms with Gasteiger partial charge in [0.2, 0.25) is 0 Å². The van der Waals surface area contributed by atoms with Crippen LogP contribution in [0.15, 0.2) is 46.9 Å². The fourth-order valence-corrected chi connectivity index (χ4v) is 3.49. The maximum Gasteiger partial charge on any atom is 0.124 e. The second-order valence-electron chi connectivity index (χ2n) is 5.60. The van der Waals surface area contributed by atoms with Gasteiger partial charge in [-0.15, -0.1) is 0 Å². The van der Waals surface area contributed by atoms with Crippen LogP contribution < -0.4 is 4.90 Å². The van der Waals surface area contributed by atoms with Crippen LogP contribution in [0.1, 0.15) is 18.1 Å². The molecule has 1 aliphatic rings. The van der Waals surface area contributed by atoms with Gasteiger partial charge in [-0.1, -0.05) is 41.1 Å². The van der Waals surface area contributed by atoms with E-state index >= 15 is 0 Å². The van der Waals surface area contributed by atoms with E-state index in [4.69, 9.17) is 0 Å². The van der Waals surface area contributed by atoms with E-state index in [2.05, 4.69) is 52.0 Å². The number of hydrogen-bond donors (Lipinski definition) is 0. The van der Waals surface area contributed by atoms with Crippen molar-refractivity contribution in [1.82, 2.24) is 0 Å². The van der Waals surface area contributed by atoms with Gasteiger partial charge in [-0.05, 0) is 47.7 Å². The van der Waals surface area contributed by atoms with Crippen LogP contribution >= 0.6 is 15.9 Å². The standard InChI is InChI=1S/C17H17BrFN/c1-12-6-14-4-2-3-5-17(14)20(10-12)11-13-7-15(18)9-16(19)8-13/h2-5,7-9,12H,6,10-11H2,1H3. The topological polar surface area (TPSA) is 3.24 Å². The molecule has 1 heterocycles. The number of anilines is 1. The van der Waals surface area contributed by atoms with Gasteiger partial charge >= 0.3 is 0 Å². The first kappa shape index (κ1) is 13.6. The molecule has 0 amide bonds. The van der Waals surface area contributed by atoms with E-state index in [1.54, 1.807) is 6.07 Å². The molecule has 1 unspecified atom stereocenters. The molecule has 0 spiro atoms. The first-order valence-electron chi connectivity index (χ1n) is 6.89. The van der Waals surface area contributed by atoms with Crippen molar-refractivity contribution in [3.05, 3.63) is 63.9 Å². The van der Waals surface area contributed by atoms with Crippen molar-refractivity contribution in [2.45, 2.75) is 19.9 Å². The van der Waals surface area contributed by atoms with E-state index in [0.717, 1.165) is 29.5 Å². The molecular weight excluding hydrogens is 317 g/mol. The van der Waals surface area contributed by atoms with E-state index in [1.165, 1.54) is 17.3 Å². The van der Waals surface area contributed by atoms with Gasteiger partial charge in [0.25, 0.3) is 0 Å². The molecule has 3 heteroatoms. The normalized spacial score (nSPS) is 17.9. The monoisotopic (exact) mass is 333 g/mol. The Hall–Kier alpha value is -1.35. The van der Waals surface area contributed by atoms with E-state index in [9.17, 15) is 4.39 Å². The molecule has 0 aromatic heterocycles. The summed E-state index contributed by atoms with van der Waals surface area (Å²) in [4.78, 5) is 2.35. The van der Waals surface area contributed by atoms with E-state index in [0.29, 0.717) is 5.92 Å². The highest BCUT2D eigenvalue weighted by Gasteiger charge is 2.21. The number of benzene rings is 2. The van der Waals surface area contributed by atoms with Crippen molar-refractivity contribution in [3.63, 3.8) is 0 Å². The Morgan fingerprint density at radius 3 is 2.85 bits per heavy atom. The summed E-state index contributed by atoms with van der Waals surface area (Å²) in [7, 11) is 0. The highest BCUT2D eigenvalue weighted by atomic mass is 79.9. The Balaban J connectivity index is 1.91. The summed E-state index contributed by atoms with van der Waals surface area (Å²) in [6, 6.07) is 13.6. The first-order valence-corrected chi connectivity index (χ1v) is 7.69. The van der Waals surface area contributed by atoms with E-state index < -0.39 is 0 Å². The number of rotatable bonds is 2. The molecule has 0 radical (unpaired) electrons. The SMILES string of the molecule is CC1Cc2ccccc2N(Cc2cc(F)cc(Br)c2)C1. The quantitative estimate of drug-likeness (QED) is 0.763. The molecule has 0 saturated carbocycles. The predicted molar refractivity (Wildman–Crippen MR) is 84.5 cm³/mol. The van der Waals surface area contributed by atoms with E-state index in [-0.39, 0.29) is 5.82 Å². The lowest BCUT2D eigenvalue weighted by Gasteiger charge is -2.35. The highest BCUT2D eigenvalue weighted by molar-refractivity contribution is 9.10. The molecule has 1 atom stereocenters. The van der Waals surface area contributed by atoms with E-state index in [1.807, 2.05) is 6.07 Å². The molecule has 0 aliphatic carbocycles. The van der Waals surface area contributed by atoms with Crippen LogP contribution in [0.5, 0.6) is 0 Å². The molecule has 2 aromatic rings. The van der Waals surface area contributed by atoms with Crippen molar-refractivity contribution in [3.8, 4) is 0 Å². The van der Waals surface area contributed by atoms with Crippen LogP contribution in [0, 0.1) is 11.7 Å². The Morgan fingerprint density at radius 2 is 2.05 bits per heavy atom. The fraction of sp³-hybridized carbons (Fsp3) is 0.294. The molecule has 104 valence electrons. The van der Waals surface area contributed by atoms with Gasteiger partial charge in [0, 0.05) is 23.2 Å². The molecule has 0 fully saturated rings. The summed E-state index contributed by atoms with van der Waals surface area (Å²) in [6.07, 6.45) is 1.12. The van der Waals surface area contributed by atoms with Crippen molar-refractivity contribution >= 4 is 21.6 Å². The fourth-order valence-electron chi connectivity index (χ4n) is 2.98. The zero-order valence-corrected chi connectivity index (χ0v) is 13.0. The van der Waals surface area contributed by atoms with Gasteiger partial charge in [0.1, 0.15) is 5.82 Å². The zero-order valence-electron chi connectivity index (χ0n) is 11.4. The smallest absolute Gasteiger partial charge is 0.124 e. The number of halogens is 2. The van der Waals surface area contributed by atoms with Gasteiger partial charge in [-0.25, -0.2) is 4.39 Å². The van der Waals surface area contributed by atoms with Gasteiger partial charge in [0.05, 0.1) is 0 Å². The summed E-state index contributed by atoms with van der Waals surface area (Å²) in [5.41, 5.74) is 3.67. The third-order valence-corrected chi connectivity index (χ3v) is 4.19. The molecule has 3 rings (SSSR count). The Labute approximate surface area is 127 Å². The minimum Gasteiger partial charge on any atom is -0.367 e. The van der Waals surface area contributed by atoms with Crippen molar-refractivity contribution in [1.29, 1.82) is 0 Å². The third kappa shape index (κ3) is 2.88. The van der Waals surface area contributed by atoms with Crippen molar-refractivity contribution in [2.24, 2.45) is 5.92 Å². The molecular formula is C17H17BrFN. The average molecular weight is 334 g/mol. The van der Waals surface area contributed by atoms with Crippen LogP contribution in [-0.2, 0) is 13.0 Å². The van der Waals surface area contributed by atoms with Gasteiger partial charge in [-0.2, -0.15) is 0 Å².